The summed E-state index contributed by atoms with van der Waals surface area (Å²) in [7, 11) is -5.66. The molecule has 6 nitrogen and oxygen atoms in total. The van der Waals surface area contributed by atoms with Crippen molar-refractivity contribution in [1.82, 2.24) is 0 Å². The maximum Gasteiger partial charge on any atom is 0.529 e. The van der Waals surface area contributed by atoms with Crippen molar-refractivity contribution in [2.45, 2.75) is 41.5 Å². The molecule has 0 N–H and O–H groups in total. The first-order valence-electron chi connectivity index (χ1n) is 10.8. The second-order valence-corrected chi connectivity index (χ2v) is 11.0. The number of rotatable bonds is 16. The maximum absolute atomic E-state index is 5.88. The van der Waals surface area contributed by atoms with Crippen LogP contribution in [-0.2, 0) is 26.6 Å². The summed E-state index contributed by atoms with van der Waals surface area (Å²) < 4.78 is 35.3. The monoisotopic (exact) mass is 454 g/mol. The SMILES string of the molecule is CCO[Si](C=Cc1cccc(C=C[Si](OCC)(OCC)OCC)c1)(OCC)OCC. The summed E-state index contributed by atoms with van der Waals surface area (Å²) >= 11 is 0. The Morgan fingerprint density at radius 3 is 1.13 bits per heavy atom. The minimum Gasteiger partial charge on any atom is -0.371 e. The van der Waals surface area contributed by atoms with Gasteiger partial charge < -0.3 is 26.6 Å². The molecule has 0 aromatic heterocycles. The van der Waals surface area contributed by atoms with Gasteiger partial charge in [0.25, 0.3) is 0 Å². The third-order valence-electron chi connectivity index (χ3n) is 3.94. The van der Waals surface area contributed by atoms with Crippen LogP contribution in [-0.4, -0.2) is 57.3 Å². The lowest BCUT2D eigenvalue weighted by atomic mass is 10.1. The Bertz CT molecular complexity index is 565. The van der Waals surface area contributed by atoms with Gasteiger partial charge >= 0.3 is 17.6 Å². The van der Waals surface area contributed by atoms with Crippen molar-refractivity contribution in [2.75, 3.05) is 39.6 Å². The molecule has 0 aliphatic carbocycles. The molecule has 0 spiro atoms. The Morgan fingerprint density at radius 1 is 0.567 bits per heavy atom. The van der Waals surface area contributed by atoms with Crippen molar-refractivity contribution < 1.29 is 26.6 Å². The molecule has 0 saturated heterocycles. The van der Waals surface area contributed by atoms with Crippen LogP contribution in [0.3, 0.4) is 0 Å². The lowest BCUT2D eigenvalue weighted by molar-refractivity contribution is 0.0837. The van der Waals surface area contributed by atoms with Crippen LogP contribution in [0.4, 0.5) is 0 Å². The molecular weight excluding hydrogens is 416 g/mol. The van der Waals surface area contributed by atoms with E-state index in [2.05, 4.69) is 6.07 Å². The molecule has 0 saturated carbocycles. The van der Waals surface area contributed by atoms with Crippen molar-refractivity contribution in [3.8, 4) is 0 Å². The molecule has 170 valence electrons. The van der Waals surface area contributed by atoms with E-state index in [0.717, 1.165) is 11.1 Å². The van der Waals surface area contributed by atoms with E-state index >= 15 is 0 Å². The molecule has 1 aromatic rings. The van der Waals surface area contributed by atoms with Crippen LogP contribution in [0.2, 0.25) is 0 Å². The lowest BCUT2D eigenvalue weighted by Crippen LogP contribution is -2.44. The molecule has 30 heavy (non-hydrogen) atoms. The normalized spacial score (nSPS) is 13.0. The van der Waals surface area contributed by atoms with Crippen LogP contribution < -0.4 is 0 Å². The van der Waals surface area contributed by atoms with Gasteiger partial charge in [-0.25, -0.2) is 0 Å². The first-order valence-corrected chi connectivity index (χ1v) is 14.4. The Morgan fingerprint density at radius 2 is 0.867 bits per heavy atom. The molecule has 0 fully saturated rings. The van der Waals surface area contributed by atoms with Gasteiger partial charge in [0, 0.05) is 39.6 Å². The second kappa shape index (κ2) is 14.8. The van der Waals surface area contributed by atoms with Crippen molar-refractivity contribution in [3.05, 3.63) is 46.8 Å². The predicted molar refractivity (Wildman–Crippen MR) is 126 cm³/mol. The molecular formula is C22H38O6Si2. The molecule has 0 bridgehead atoms. The molecule has 1 aromatic carbocycles. The molecule has 0 heterocycles. The molecule has 0 aliphatic heterocycles. The van der Waals surface area contributed by atoms with Crippen LogP contribution >= 0.6 is 0 Å². The maximum atomic E-state index is 5.88. The zero-order chi connectivity index (χ0) is 22.3. The smallest absolute Gasteiger partial charge is 0.371 e. The minimum atomic E-state index is -2.83. The third-order valence-corrected chi connectivity index (χ3v) is 9.24. The molecule has 0 atom stereocenters. The molecule has 8 heteroatoms. The zero-order valence-corrected chi connectivity index (χ0v) is 21.3. The number of hydrogen-bond donors (Lipinski definition) is 0. The highest BCUT2D eigenvalue weighted by atomic mass is 28.4. The average molecular weight is 455 g/mol. The number of benzene rings is 1. The van der Waals surface area contributed by atoms with Crippen LogP contribution in [0.1, 0.15) is 52.7 Å². The quantitative estimate of drug-likeness (QED) is 0.332. The molecule has 0 radical (unpaired) electrons. The van der Waals surface area contributed by atoms with Crippen LogP contribution in [0.5, 0.6) is 0 Å². The minimum absolute atomic E-state index is 0.540. The topological polar surface area (TPSA) is 55.4 Å². The summed E-state index contributed by atoms with van der Waals surface area (Å²) in [4.78, 5) is 0. The van der Waals surface area contributed by atoms with Gasteiger partial charge in [0.1, 0.15) is 0 Å². The van der Waals surface area contributed by atoms with E-state index < -0.39 is 17.6 Å². The van der Waals surface area contributed by atoms with Crippen LogP contribution in [0.25, 0.3) is 12.2 Å². The first kappa shape index (κ1) is 26.9. The Hall–Kier alpha value is -1.11. The summed E-state index contributed by atoms with van der Waals surface area (Å²) in [5.74, 6) is 0. The lowest BCUT2D eigenvalue weighted by Gasteiger charge is -2.25. The largest absolute Gasteiger partial charge is 0.529 e. The van der Waals surface area contributed by atoms with E-state index in [1.807, 2.05) is 83.3 Å². The molecule has 0 amide bonds. The van der Waals surface area contributed by atoms with Gasteiger partial charge in [-0.1, -0.05) is 30.4 Å². The Balaban J connectivity index is 3.10. The molecule has 1 rings (SSSR count). The molecule has 0 unspecified atom stereocenters. The summed E-state index contributed by atoms with van der Waals surface area (Å²) in [5.41, 5.74) is 5.96. The van der Waals surface area contributed by atoms with E-state index in [-0.39, 0.29) is 0 Å². The summed E-state index contributed by atoms with van der Waals surface area (Å²) in [6.07, 6.45) is 4.01. The fraction of sp³-hybridized carbons (Fsp3) is 0.545. The van der Waals surface area contributed by atoms with Crippen molar-refractivity contribution in [1.29, 1.82) is 0 Å². The Labute approximate surface area is 184 Å². The van der Waals surface area contributed by atoms with E-state index in [0.29, 0.717) is 39.6 Å². The highest BCUT2D eigenvalue weighted by Gasteiger charge is 2.38. The standard InChI is InChI=1S/C22H38O6Si2/c1-7-23-29(24-8-2,25-9-3)18-16-21-14-13-15-22(20-21)17-19-30(26-10-4,27-11-5)28-12-6/h13-20H,7-12H2,1-6H3. The molecule has 0 aliphatic rings. The highest BCUT2D eigenvalue weighted by molar-refractivity contribution is 6.67. The van der Waals surface area contributed by atoms with Gasteiger partial charge in [0.2, 0.25) is 0 Å². The van der Waals surface area contributed by atoms with Crippen molar-refractivity contribution in [3.63, 3.8) is 0 Å². The van der Waals surface area contributed by atoms with Gasteiger partial charge in [-0.3, -0.25) is 0 Å². The zero-order valence-electron chi connectivity index (χ0n) is 19.3. The van der Waals surface area contributed by atoms with Gasteiger partial charge in [-0.2, -0.15) is 0 Å². The summed E-state index contributed by atoms with van der Waals surface area (Å²) in [6.45, 7) is 14.9. The van der Waals surface area contributed by atoms with Crippen LogP contribution in [0, 0.1) is 0 Å². The Kier molecular flexibility index (Phi) is 13.3. The first-order chi connectivity index (χ1) is 14.5. The van der Waals surface area contributed by atoms with Crippen LogP contribution in [0.15, 0.2) is 35.7 Å². The number of hydrogen-bond acceptors (Lipinski definition) is 6. The fourth-order valence-electron chi connectivity index (χ4n) is 2.91. The van der Waals surface area contributed by atoms with E-state index in [1.54, 1.807) is 0 Å². The van der Waals surface area contributed by atoms with Gasteiger partial charge in [-0.15, -0.1) is 0 Å². The van der Waals surface area contributed by atoms with Crippen molar-refractivity contribution in [2.24, 2.45) is 0 Å². The average Bonchev–Trinajstić information content (AvgIpc) is 2.72. The van der Waals surface area contributed by atoms with E-state index in [9.17, 15) is 0 Å². The van der Waals surface area contributed by atoms with E-state index in [4.69, 9.17) is 26.6 Å². The van der Waals surface area contributed by atoms with Gasteiger partial charge in [0.05, 0.1) is 0 Å². The van der Waals surface area contributed by atoms with Gasteiger partial charge in [0.15, 0.2) is 0 Å². The fourth-order valence-corrected chi connectivity index (χ4v) is 7.19. The van der Waals surface area contributed by atoms with E-state index in [1.165, 1.54) is 0 Å². The highest BCUT2D eigenvalue weighted by Crippen LogP contribution is 2.18. The summed E-state index contributed by atoms with van der Waals surface area (Å²) in [5, 5.41) is 0. The van der Waals surface area contributed by atoms with Crippen molar-refractivity contribution >= 4 is 29.8 Å². The predicted octanol–water partition coefficient (Wildman–Crippen LogP) is 4.89. The summed E-state index contributed by atoms with van der Waals surface area (Å²) in [6, 6.07) is 8.17. The third kappa shape index (κ3) is 8.95. The van der Waals surface area contributed by atoms with Gasteiger partial charge in [-0.05, 0) is 70.1 Å². The second-order valence-electron chi connectivity index (χ2n) is 6.14.